The van der Waals surface area contributed by atoms with Crippen LogP contribution in [0.1, 0.15) is 6.42 Å². The van der Waals surface area contributed by atoms with Crippen molar-refractivity contribution in [1.82, 2.24) is 0 Å². The topological polar surface area (TPSA) is 0 Å². The lowest BCUT2D eigenvalue weighted by Gasteiger charge is -2.08. The van der Waals surface area contributed by atoms with Gasteiger partial charge in [0.05, 0.1) is 8.07 Å². The van der Waals surface area contributed by atoms with E-state index < -0.39 is 16.1 Å². The third-order valence-electron chi connectivity index (χ3n) is 2.09. The van der Waals surface area contributed by atoms with Crippen molar-refractivity contribution < 1.29 is 0 Å². The summed E-state index contributed by atoms with van der Waals surface area (Å²) in [5.41, 5.74) is 4.91. The zero-order chi connectivity index (χ0) is 10.3. The molecule has 0 atom stereocenters. The minimum absolute atomic E-state index is 0.990. The van der Waals surface area contributed by atoms with Crippen LogP contribution in [-0.2, 0) is 0 Å². The van der Waals surface area contributed by atoms with Gasteiger partial charge in [0.25, 0.3) is 0 Å². The summed E-state index contributed by atoms with van der Waals surface area (Å²) < 4.78 is 0. The van der Waals surface area contributed by atoms with Gasteiger partial charge in [0.15, 0.2) is 0 Å². The highest BCUT2D eigenvalue weighted by molar-refractivity contribution is 6.85. The highest BCUT2D eigenvalue weighted by atomic mass is 28.3. The van der Waals surface area contributed by atoms with E-state index in [-0.39, 0.29) is 0 Å². The van der Waals surface area contributed by atoms with E-state index in [2.05, 4.69) is 50.7 Å². The van der Waals surface area contributed by atoms with Gasteiger partial charge in [0.1, 0.15) is 8.07 Å². The van der Waals surface area contributed by atoms with Crippen LogP contribution in [0.25, 0.3) is 0 Å². The predicted octanol–water partition coefficient (Wildman–Crippen LogP) is 3.44. The molecule has 0 heterocycles. The zero-order valence-corrected chi connectivity index (χ0v) is 11.7. The Hall–Kier alpha value is -0.266. The van der Waals surface area contributed by atoms with Gasteiger partial charge >= 0.3 is 0 Å². The monoisotopic (exact) mass is 208 g/mol. The Kier molecular flexibility index (Phi) is 2.62. The fourth-order valence-electron chi connectivity index (χ4n) is 1.23. The van der Waals surface area contributed by atoms with Crippen molar-refractivity contribution in [1.29, 1.82) is 0 Å². The molecule has 0 aromatic heterocycles. The quantitative estimate of drug-likeness (QED) is 0.457. The third-order valence-corrected chi connectivity index (χ3v) is 5.25. The highest BCUT2D eigenvalue weighted by Gasteiger charge is 2.32. The summed E-state index contributed by atoms with van der Waals surface area (Å²) in [5.74, 6) is 3.38. The van der Waals surface area contributed by atoms with Crippen molar-refractivity contribution in [2.24, 2.45) is 0 Å². The van der Waals surface area contributed by atoms with Gasteiger partial charge in [0, 0.05) is 5.57 Å². The lowest BCUT2D eigenvalue weighted by molar-refractivity contribution is 1.55. The van der Waals surface area contributed by atoms with Crippen molar-refractivity contribution >= 4 is 16.1 Å². The average Bonchev–Trinajstić information content (AvgIpc) is 2.57. The summed E-state index contributed by atoms with van der Waals surface area (Å²) in [4.78, 5) is 0. The van der Waals surface area contributed by atoms with Crippen molar-refractivity contribution in [2.75, 3.05) is 0 Å². The lowest BCUT2D eigenvalue weighted by atomic mass is 10.5. The molecule has 1 rings (SSSR count). The first-order valence-electron chi connectivity index (χ1n) is 4.96. The standard InChI is InChI=1S/C11H20Si2/c1-12(2,3)8-7-10-9-11(10)13(4,5)6/h9H2,1-6H3. The molecule has 0 aromatic carbocycles. The summed E-state index contributed by atoms with van der Waals surface area (Å²) in [7, 11) is -2.14. The van der Waals surface area contributed by atoms with Crippen LogP contribution >= 0.6 is 0 Å². The second-order valence-corrected chi connectivity index (χ2v) is 15.7. The molecule has 0 N–H and O–H groups in total. The molecular weight excluding hydrogens is 188 g/mol. The van der Waals surface area contributed by atoms with Gasteiger partial charge in [0.2, 0.25) is 0 Å². The first-order chi connectivity index (χ1) is 5.70. The molecule has 0 saturated carbocycles. The highest BCUT2D eigenvalue weighted by Crippen LogP contribution is 2.37. The molecule has 0 radical (unpaired) electrons. The van der Waals surface area contributed by atoms with Crippen LogP contribution < -0.4 is 0 Å². The first-order valence-corrected chi connectivity index (χ1v) is 12.0. The molecule has 0 aliphatic heterocycles. The van der Waals surface area contributed by atoms with E-state index in [0.717, 1.165) is 0 Å². The van der Waals surface area contributed by atoms with E-state index in [4.69, 9.17) is 0 Å². The molecule has 0 nitrogen and oxygen atoms in total. The molecule has 0 fully saturated rings. The Labute approximate surface area is 84.5 Å². The van der Waals surface area contributed by atoms with Gasteiger partial charge in [-0.15, -0.1) is 5.54 Å². The smallest absolute Gasteiger partial charge is 0.127 e. The van der Waals surface area contributed by atoms with Crippen molar-refractivity contribution in [3.05, 3.63) is 10.8 Å². The van der Waals surface area contributed by atoms with E-state index in [9.17, 15) is 0 Å². The minimum atomic E-state index is -1.15. The Morgan fingerprint density at radius 3 is 1.85 bits per heavy atom. The van der Waals surface area contributed by atoms with E-state index in [1.807, 2.05) is 0 Å². The van der Waals surface area contributed by atoms with E-state index in [0.29, 0.717) is 0 Å². The molecule has 0 amide bonds. The first kappa shape index (κ1) is 10.8. The average molecular weight is 208 g/mol. The summed E-state index contributed by atoms with van der Waals surface area (Å²) in [6, 6.07) is 0. The Balaban J connectivity index is 2.70. The van der Waals surface area contributed by atoms with Crippen LogP contribution in [0.5, 0.6) is 0 Å². The summed E-state index contributed by atoms with van der Waals surface area (Å²) in [5, 5.41) is 1.71. The van der Waals surface area contributed by atoms with Crippen LogP contribution in [0.2, 0.25) is 39.3 Å². The number of rotatable bonds is 1. The second-order valence-electron chi connectivity index (χ2n) is 5.88. The van der Waals surface area contributed by atoms with E-state index in [1.54, 1.807) is 5.20 Å². The molecule has 72 valence electrons. The fourth-order valence-corrected chi connectivity index (χ4v) is 3.43. The SMILES string of the molecule is C[Si](C)(C)C#CC1=C([Si](C)(C)C)C1. The Bertz CT molecular complexity index is 300. The molecule has 0 unspecified atom stereocenters. The largest absolute Gasteiger partial charge is 0.129 e. The van der Waals surface area contributed by atoms with Gasteiger partial charge in [-0.1, -0.05) is 50.4 Å². The van der Waals surface area contributed by atoms with Gasteiger partial charge in [-0.2, -0.15) is 0 Å². The van der Waals surface area contributed by atoms with Crippen LogP contribution in [0.4, 0.5) is 0 Å². The molecule has 0 aromatic rings. The van der Waals surface area contributed by atoms with Crippen LogP contribution in [0.3, 0.4) is 0 Å². The van der Waals surface area contributed by atoms with Gasteiger partial charge in [-0.3, -0.25) is 0 Å². The van der Waals surface area contributed by atoms with Crippen LogP contribution in [0, 0.1) is 11.5 Å². The molecule has 13 heavy (non-hydrogen) atoms. The molecule has 2 heteroatoms. The summed E-state index contributed by atoms with van der Waals surface area (Å²) >= 11 is 0. The molecular formula is C11H20Si2. The Morgan fingerprint density at radius 1 is 1.00 bits per heavy atom. The number of allylic oxidation sites excluding steroid dienone is 2. The number of hydrogen-bond acceptors (Lipinski definition) is 0. The molecule has 0 spiro atoms. The van der Waals surface area contributed by atoms with Crippen LogP contribution in [0.15, 0.2) is 10.8 Å². The maximum absolute atomic E-state index is 3.44. The summed E-state index contributed by atoms with van der Waals surface area (Å²) in [6.07, 6.45) is 1.23. The van der Waals surface area contributed by atoms with E-state index in [1.165, 1.54) is 12.0 Å². The molecule has 1 aliphatic carbocycles. The zero-order valence-electron chi connectivity index (χ0n) is 9.71. The number of hydrogen-bond donors (Lipinski definition) is 0. The second kappa shape index (κ2) is 3.14. The third kappa shape index (κ3) is 3.54. The predicted molar refractivity (Wildman–Crippen MR) is 66.1 cm³/mol. The van der Waals surface area contributed by atoms with Crippen LogP contribution in [-0.4, -0.2) is 16.1 Å². The minimum Gasteiger partial charge on any atom is -0.127 e. The molecule has 1 aliphatic rings. The molecule has 0 bridgehead atoms. The van der Waals surface area contributed by atoms with E-state index >= 15 is 0 Å². The van der Waals surface area contributed by atoms with Gasteiger partial charge in [-0.05, 0) is 6.42 Å². The Morgan fingerprint density at radius 2 is 1.54 bits per heavy atom. The fraction of sp³-hybridized carbons (Fsp3) is 0.636. The van der Waals surface area contributed by atoms with Crippen molar-refractivity contribution in [2.45, 2.75) is 45.7 Å². The maximum atomic E-state index is 3.44. The molecule has 0 saturated heterocycles. The van der Waals surface area contributed by atoms with Gasteiger partial charge < -0.3 is 0 Å². The van der Waals surface area contributed by atoms with Gasteiger partial charge in [-0.25, -0.2) is 0 Å². The van der Waals surface area contributed by atoms with Crippen molar-refractivity contribution in [3.8, 4) is 11.5 Å². The maximum Gasteiger partial charge on any atom is 0.129 e. The lowest BCUT2D eigenvalue weighted by Crippen LogP contribution is -2.18. The van der Waals surface area contributed by atoms with Crippen molar-refractivity contribution in [3.63, 3.8) is 0 Å². The normalized spacial score (nSPS) is 16.8. The summed E-state index contributed by atoms with van der Waals surface area (Å²) in [6.45, 7) is 14.1.